The molecule has 4 aliphatic heterocycles. The number of nitrogens with zero attached hydrogens (tertiary/aromatic N) is 16. The van der Waals surface area contributed by atoms with Crippen LogP contribution in [0.2, 0.25) is 0 Å². The predicted octanol–water partition coefficient (Wildman–Crippen LogP) is 23.6. The van der Waals surface area contributed by atoms with E-state index < -0.39 is 11.6 Å². The van der Waals surface area contributed by atoms with Crippen molar-refractivity contribution in [1.82, 2.24) is 77.1 Å². The summed E-state index contributed by atoms with van der Waals surface area (Å²) in [4.78, 5) is 96.7. The number of piperidine rings is 4. The fourth-order valence-corrected chi connectivity index (χ4v) is 19.5. The standard InChI is InChI=1S/C30H30N4O2.C29H26F2N4O2.2C29H30N4O2.CH4/c1-4-8-27(35)33-17-6-5-11-26(33)30-32-28(29-22(3)31-16-18-34(29)30)24-14-12-23(13-15-24)20-36-25-10-7-9-21(2)19-25;1-3-7-25(36)34-16-5-4-10-24(34)29-33-27(28-19(2)32-15-17-35(28)29)20-11-13-22(14-12-20)37-18-21-8-6-9-23(30)26(21)31;1-4-26(34)32-15-6-5-13-25(32)29-31-27(28-21(3)30-14-16-33(28)29)23-11-8-12-24(18-23)35-19-22-10-7-9-20(2)17-22;1-4-26(34)32-16-6-5-10-25(32)29-31-27(28-21(3)30-15-17-33(28)29)23-13-11-22(12-14-23)19-35-24-9-7-8-20(2)18-24;/h7,9-10,12-16,18-19,26H,5-6,11,17,20H2,1-3H3;6,8-9,11-15,17,24H,4-5,10,16,18H2,1-2H3;4,7-12,14,16-18,25H,1,5-6,13,15,19H2,2-3H3;4,7-9,11-15,17-18,25H,1,5-6,10,16,19H2,2-3H3;1H4/t26-;24-;2*25-;/m0000./s1. The van der Waals surface area contributed by atoms with E-state index >= 15 is 0 Å². The number of aryl methyl sites for hydroxylation is 7. The van der Waals surface area contributed by atoms with E-state index in [1.165, 1.54) is 41.0 Å². The topological polar surface area (TPSA) is 239 Å². The second-order valence-corrected chi connectivity index (χ2v) is 36.4. The number of rotatable bonds is 22. The van der Waals surface area contributed by atoms with Gasteiger partial charge in [-0.25, -0.2) is 28.7 Å². The summed E-state index contributed by atoms with van der Waals surface area (Å²) in [6.07, 6.45) is 29.2. The largest absolute Gasteiger partial charge is 0.489 e. The minimum atomic E-state index is -0.903. The number of carbonyl (C=O) groups excluding carboxylic acids is 4. The molecule has 26 heteroatoms. The summed E-state index contributed by atoms with van der Waals surface area (Å²) < 4.78 is 59.5. The monoisotopic (exact) mass is 1930 g/mol. The zero-order chi connectivity index (χ0) is 99.7. The zero-order valence-electron chi connectivity index (χ0n) is 82.2. The molecule has 12 heterocycles. The lowest BCUT2D eigenvalue weighted by molar-refractivity contribution is -0.130. The van der Waals surface area contributed by atoms with Crippen LogP contribution in [0.1, 0.15) is 208 Å². The number of amides is 4. The number of hydrogen-bond acceptors (Lipinski definition) is 16. The number of fused-ring (bicyclic) bond motifs is 4. The van der Waals surface area contributed by atoms with Gasteiger partial charge in [0.15, 0.2) is 11.6 Å². The van der Waals surface area contributed by atoms with Gasteiger partial charge in [0.25, 0.3) is 11.8 Å². The zero-order valence-corrected chi connectivity index (χ0v) is 82.2. The van der Waals surface area contributed by atoms with Crippen molar-refractivity contribution >= 4 is 45.7 Å². The van der Waals surface area contributed by atoms with Gasteiger partial charge in [-0.3, -0.25) is 56.7 Å². The van der Waals surface area contributed by atoms with Crippen LogP contribution in [0.25, 0.3) is 67.1 Å². The van der Waals surface area contributed by atoms with Crippen LogP contribution in [0.5, 0.6) is 23.0 Å². The molecular weight excluding hydrogens is 1810 g/mol. The number of halogens is 2. The lowest BCUT2D eigenvalue weighted by atomic mass is 10.0. The van der Waals surface area contributed by atoms with E-state index in [1.54, 1.807) is 50.8 Å². The van der Waals surface area contributed by atoms with Gasteiger partial charge in [-0.1, -0.05) is 159 Å². The lowest BCUT2D eigenvalue weighted by Gasteiger charge is -2.34. The average molecular weight is 1930 g/mol. The van der Waals surface area contributed by atoms with Gasteiger partial charge in [-0.05, 0) is 258 Å². The third-order valence-corrected chi connectivity index (χ3v) is 26.6. The molecule has 8 aromatic carbocycles. The molecule has 0 unspecified atom stereocenters. The van der Waals surface area contributed by atoms with E-state index in [0.29, 0.717) is 45.2 Å². The summed E-state index contributed by atoms with van der Waals surface area (Å²) in [6.45, 7) is 29.1. The number of ether oxygens (including phenoxy) is 4. The van der Waals surface area contributed by atoms with Gasteiger partial charge in [0.2, 0.25) is 11.8 Å². The second kappa shape index (κ2) is 46.5. The van der Waals surface area contributed by atoms with E-state index in [9.17, 15) is 28.0 Å². The molecule has 0 bridgehead atoms. The van der Waals surface area contributed by atoms with Crippen LogP contribution >= 0.6 is 0 Å². The highest BCUT2D eigenvalue weighted by atomic mass is 19.2. The number of imidazole rings is 4. The van der Waals surface area contributed by atoms with Crippen molar-refractivity contribution in [3.63, 3.8) is 0 Å². The predicted molar refractivity (Wildman–Crippen MR) is 557 cm³/mol. The Balaban J connectivity index is 0.000000137. The first-order valence-electron chi connectivity index (χ1n) is 48.8. The molecule has 0 N–H and O–H groups in total. The Kier molecular flexibility index (Phi) is 32.5. The second-order valence-electron chi connectivity index (χ2n) is 36.4. The van der Waals surface area contributed by atoms with Gasteiger partial charge in [0, 0.05) is 104 Å². The molecule has 734 valence electrons. The molecule has 4 atom stereocenters. The normalized spacial score (nSPS) is 15.5. The van der Waals surface area contributed by atoms with E-state index in [0.717, 1.165) is 237 Å². The third kappa shape index (κ3) is 22.7. The maximum Gasteiger partial charge on any atom is 0.299 e. The first-order valence-corrected chi connectivity index (χ1v) is 48.8. The summed E-state index contributed by atoms with van der Waals surface area (Å²) in [5.74, 6) is 15.1. The van der Waals surface area contributed by atoms with E-state index in [4.69, 9.17) is 38.9 Å². The maximum absolute atomic E-state index is 13.9. The van der Waals surface area contributed by atoms with Gasteiger partial charge in [-0.15, -0.1) is 0 Å². The first-order chi connectivity index (χ1) is 69.6. The molecule has 4 aliphatic rings. The minimum Gasteiger partial charge on any atom is -0.489 e. The Morgan fingerprint density at radius 1 is 0.361 bits per heavy atom. The molecular formula is C118H120F2N16O8. The Morgan fingerprint density at radius 3 is 1.06 bits per heavy atom. The Labute approximate surface area is 839 Å². The van der Waals surface area contributed by atoms with Crippen molar-refractivity contribution in [3.05, 3.63) is 360 Å². The van der Waals surface area contributed by atoms with Crippen molar-refractivity contribution in [2.24, 2.45) is 0 Å². The van der Waals surface area contributed by atoms with Crippen molar-refractivity contribution in [2.75, 3.05) is 26.2 Å². The lowest BCUT2D eigenvalue weighted by Crippen LogP contribution is -2.38. The Morgan fingerprint density at radius 2 is 0.688 bits per heavy atom. The Hall–Kier alpha value is -16.2. The fraction of sp³-hybridized carbons (Fsp3) is 0.288. The van der Waals surface area contributed by atoms with E-state index in [2.05, 4.69) is 170 Å². The molecule has 4 fully saturated rings. The first kappa shape index (κ1) is 101. The molecule has 16 aromatic rings. The summed E-state index contributed by atoms with van der Waals surface area (Å²) >= 11 is 0. The highest BCUT2D eigenvalue weighted by Crippen LogP contribution is 2.43. The average Bonchev–Trinajstić information content (AvgIpc) is 1.62. The van der Waals surface area contributed by atoms with Crippen molar-refractivity contribution in [3.8, 4) is 91.7 Å². The van der Waals surface area contributed by atoms with Crippen LogP contribution < -0.4 is 18.9 Å². The Bertz CT molecular complexity index is 7510. The summed E-state index contributed by atoms with van der Waals surface area (Å²) in [7, 11) is 0. The number of hydrogen-bond donors (Lipinski definition) is 0. The molecule has 0 aliphatic carbocycles. The van der Waals surface area contributed by atoms with Gasteiger partial charge in [0.05, 0.1) is 91.8 Å². The van der Waals surface area contributed by atoms with Gasteiger partial charge < -0.3 is 38.5 Å². The summed E-state index contributed by atoms with van der Waals surface area (Å²) in [6, 6.07) is 60.0. The molecule has 0 radical (unpaired) electrons. The quantitative estimate of drug-likeness (QED) is 0.0453. The molecule has 4 amide bonds. The van der Waals surface area contributed by atoms with Gasteiger partial charge in [0.1, 0.15) is 72.7 Å². The van der Waals surface area contributed by atoms with Crippen molar-refractivity contribution in [2.45, 2.75) is 197 Å². The van der Waals surface area contributed by atoms with Crippen LogP contribution in [0.3, 0.4) is 0 Å². The number of benzene rings is 8. The molecule has 0 spiro atoms. The minimum absolute atomic E-state index is 0. The molecule has 8 aromatic heterocycles. The van der Waals surface area contributed by atoms with E-state index in [-0.39, 0.29) is 67.4 Å². The molecule has 0 saturated carbocycles. The van der Waals surface area contributed by atoms with Crippen LogP contribution in [0.15, 0.2) is 263 Å². The smallest absolute Gasteiger partial charge is 0.299 e. The highest BCUT2D eigenvalue weighted by Gasteiger charge is 2.37. The summed E-state index contributed by atoms with van der Waals surface area (Å²) in [5, 5.41) is 0. The van der Waals surface area contributed by atoms with E-state index in [1.807, 2.05) is 155 Å². The molecule has 4 saturated heterocycles. The molecule has 144 heavy (non-hydrogen) atoms. The van der Waals surface area contributed by atoms with Crippen LogP contribution in [-0.2, 0) is 45.6 Å². The number of aromatic nitrogens is 12. The van der Waals surface area contributed by atoms with Crippen molar-refractivity contribution < 1.29 is 46.9 Å². The fourth-order valence-electron chi connectivity index (χ4n) is 19.5. The van der Waals surface area contributed by atoms with Gasteiger partial charge in [-0.2, -0.15) is 0 Å². The van der Waals surface area contributed by atoms with Crippen LogP contribution in [0.4, 0.5) is 8.78 Å². The SMILES string of the molecule is C.C=CC(=O)N1CCCC[C@H]1c1nc(-c2ccc(COc3cccc(C)c3)cc2)c2c(C)nccn12.C=CC(=O)N1CCCC[C@H]1c1nc(-c2cccc(OCc3cccc(C)c3)c2)c2c(C)nccn12.CC#CC(=O)N1CCCC[C@H]1c1nc(-c2ccc(COc3cccc(C)c3)cc2)c2c(C)nccn12.CC#CC(=O)N1CCCC[C@H]1c1nc(-c2ccc(OCc3cccc(F)c3F)cc2)c2c(C)nccn12. The number of carbonyl (C=O) groups is 4. The summed E-state index contributed by atoms with van der Waals surface area (Å²) in [5.41, 5.74) is 21.5. The van der Waals surface area contributed by atoms with Crippen LogP contribution in [-0.4, -0.2) is 127 Å². The highest BCUT2D eigenvalue weighted by molar-refractivity contribution is 5.95. The molecule has 20 rings (SSSR count). The van der Waals surface area contributed by atoms with Crippen LogP contribution in [0, 0.1) is 83.8 Å². The van der Waals surface area contributed by atoms with Crippen molar-refractivity contribution in [1.29, 1.82) is 0 Å². The van der Waals surface area contributed by atoms with Gasteiger partial charge >= 0.3 is 0 Å². The number of likely N-dealkylation sites (tertiary alicyclic amines) is 4. The third-order valence-electron chi connectivity index (χ3n) is 26.6. The maximum atomic E-state index is 13.9. The molecule has 24 nitrogen and oxygen atoms in total.